The molecule has 1 N–H and O–H groups in total. The number of nitrogens with one attached hydrogen (secondary N) is 1. The number of methoxy groups -OCH3 is 1. The summed E-state index contributed by atoms with van der Waals surface area (Å²) in [5, 5.41) is 12.3. The van der Waals surface area contributed by atoms with Crippen molar-refractivity contribution in [2.75, 3.05) is 13.7 Å². The van der Waals surface area contributed by atoms with E-state index in [0.717, 1.165) is 25.2 Å². The van der Waals surface area contributed by atoms with Gasteiger partial charge in [-0.3, -0.25) is 10.2 Å². The van der Waals surface area contributed by atoms with Crippen molar-refractivity contribution in [3.63, 3.8) is 0 Å². The summed E-state index contributed by atoms with van der Waals surface area (Å²) in [5.74, 6) is -2.71. The number of carbonyl (C=O) groups is 2. The molecule has 16 nitrogen and oxygen atoms in total. The molecule has 0 aliphatic carbocycles. The molecule has 11 atom stereocenters. The van der Waals surface area contributed by atoms with E-state index >= 15 is 0 Å². The van der Waals surface area contributed by atoms with Crippen molar-refractivity contribution >= 4 is 52.6 Å². The van der Waals surface area contributed by atoms with Crippen LogP contribution in [-0.2, 0) is 70.2 Å². The summed E-state index contributed by atoms with van der Waals surface area (Å²) in [6, 6.07) is 26.3. The van der Waals surface area contributed by atoms with Gasteiger partial charge in [0.05, 0.1) is 26.9 Å². The van der Waals surface area contributed by atoms with Crippen molar-refractivity contribution in [3.8, 4) is 0 Å². The Hall–Kier alpha value is -4.03. The van der Waals surface area contributed by atoms with Crippen LogP contribution in [0.1, 0.15) is 29.9 Å². The summed E-state index contributed by atoms with van der Waals surface area (Å²) in [7, 11) is 1.11. The van der Waals surface area contributed by atoms with Gasteiger partial charge < -0.3 is 47.4 Å². The first-order valence-electron chi connectivity index (χ1n) is 17.7. The highest BCUT2D eigenvalue weighted by Gasteiger charge is 2.58. The second kappa shape index (κ2) is 19.6. The molecule has 3 fully saturated rings. The number of alkyl halides is 3. The van der Waals surface area contributed by atoms with Crippen molar-refractivity contribution in [1.29, 1.82) is 5.41 Å². The third-order valence-corrected chi connectivity index (χ3v) is 9.66. The van der Waals surface area contributed by atoms with E-state index in [2.05, 4.69) is 10.0 Å². The Morgan fingerprint density at radius 2 is 1.42 bits per heavy atom. The fraction of sp³-hybridized carbons (Fsp3) is 0.447. The van der Waals surface area contributed by atoms with Gasteiger partial charge in [0.2, 0.25) is 12.2 Å². The molecule has 0 saturated carbocycles. The summed E-state index contributed by atoms with van der Waals surface area (Å²) in [6.45, 7) is 1.10. The number of esters is 2. The van der Waals surface area contributed by atoms with Crippen LogP contribution in [0.5, 0.6) is 0 Å². The molecular weight excluding hydrogens is 811 g/mol. The molecule has 3 aliphatic rings. The van der Waals surface area contributed by atoms with E-state index in [1.54, 1.807) is 24.3 Å². The van der Waals surface area contributed by atoms with E-state index in [0.29, 0.717) is 5.56 Å². The number of azide groups is 1. The minimum absolute atomic E-state index is 0.00106. The Morgan fingerprint density at radius 3 is 1.98 bits per heavy atom. The van der Waals surface area contributed by atoms with Gasteiger partial charge in [-0.1, -0.05) is 131 Å². The lowest BCUT2D eigenvalue weighted by molar-refractivity contribution is -0.369. The van der Waals surface area contributed by atoms with Crippen LogP contribution in [0.3, 0.4) is 0 Å². The SMILES string of the molecule is COC(=O)[C@@H]1O[C@@H](OC(=N)C(Cl)(Cl)Cl)[C@H](OC(C)=O)[C@@H](OCc2ccccc2)[C@@H]1O[C@H]1O[C@@H]2CO[C@@H](c3ccccc3)O[C@H]2[C@H](OCc2ccccc2)[C@H]1N=[N+]=[N-]. The zero-order chi connectivity index (χ0) is 40.5. The predicted octanol–water partition coefficient (Wildman–Crippen LogP) is 6.25. The number of nitrogens with zero attached hydrogens (tertiary/aromatic N) is 3. The molecule has 0 unspecified atom stereocenters. The van der Waals surface area contributed by atoms with Gasteiger partial charge in [0.25, 0.3) is 3.79 Å². The zero-order valence-corrected chi connectivity index (χ0v) is 32.8. The molecular formula is C38H39Cl3N4O12. The maximum atomic E-state index is 13.6. The molecule has 6 rings (SSSR count). The van der Waals surface area contributed by atoms with E-state index in [4.69, 9.17) is 87.6 Å². The molecule has 3 saturated heterocycles. The van der Waals surface area contributed by atoms with Crippen LogP contribution in [-0.4, -0.2) is 96.7 Å². The second-order valence-electron chi connectivity index (χ2n) is 13.0. The number of ether oxygens (including phenoxy) is 10. The summed E-state index contributed by atoms with van der Waals surface area (Å²) in [5.41, 5.74) is 12.2. The topological polar surface area (TPSA) is 199 Å². The summed E-state index contributed by atoms with van der Waals surface area (Å²) >= 11 is 17.8. The van der Waals surface area contributed by atoms with Crippen LogP contribution in [0.15, 0.2) is 96.1 Å². The number of rotatable bonds is 13. The minimum atomic E-state index is -2.37. The maximum absolute atomic E-state index is 13.6. The average Bonchev–Trinajstić information content (AvgIpc) is 3.21. The normalized spacial score (nSPS) is 29.9. The highest BCUT2D eigenvalue weighted by atomic mass is 35.6. The first-order chi connectivity index (χ1) is 27.5. The van der Waals surface area contributed by atoms with Crippen LogP contribution in [0.4, 0.5) is 0 Å². The highest BCUT2D eigenvalue weighted by Crippen LogP contribution is 2.40. The van der Waals surface area contributed by atoms with Gasteiger partial charge in [0, 0.05) is 17.4 Å². The Kier molecular flexibility index (Phi) is 14.6. The first kappa shape index (κ1) is 42.6. The van der Waals surface area contributed by atoms with E-state index in [1.165, 1.54) is 0 Å². The first-order valence-corrected chi connectivity index (χ1v) is 18.8. The van der Waals surface area contributed by atoms with E-state index in [1.807, 2.05) is 66.7 Å². The van der Waals surface area contributed by atoms with E-state index < -0.39 is 89.3 Å². The molecule has 0 radical (unpaired) electrons. The smallest absolute Gasteiger partial charge is 0.338 e. The lowest BCUT2D eigenvalue weighted by Gasteiger charge is -2.50. The number of carbonyl (C=O) groups excluding carboxylic acids is 2. The fourth-order valence-electron chi connectivity index (χ4n) is 6.56. The number of halogens is 3. The Bertz CT molecular complexity index is 1860. The molecule has 304 valence electrons. The Balaban J connectivity index is 1.38. The molecule has 19 heteroatoms. The summed E-state index contributed by atoms with van der Waals surface area (Å²) in [4.78, 5) is 29.3. The zero-order valence-electron chi connectivity index (χ0n) is 30.5. The average molecular weight is 850 g/mol. The molecule has 0 aromatic heterocycles. The van der Waals surface area contributed by atoms with Crippen LogP contribution < -0.4 is 0 Å². The molecule has 3 aromatic rings. The van der Waals surface area contributed by atoms with Crippen LogP contribution in [0.25, 0.3) is 10.4 Å². The molecule has 3 aliphatic heterocycles. The van der Waals surface area contributed by atoms with Crippen molar-refractivity contribution < 1.29 is 57.0 Å². The lowest BCUT2D eigenvalue weighted by atomic mass is 9.94. The largest absolute Gasteiger partial charge is 0.467 e. The molecule has 0 spiro atoms. The number of hydrogen-bond acceptors (Lipinski definition) is 14. The molecule has 0 bridgehead atoms. The van der Waals surface area contributed by atoms with Gasteiger partial charge >= 0.3 is 11.9 Å². The van der Waals surface area contributed by atoms with Gasteiger partial charge in [-0.2, -0.15) is 0 Å². The molecule has 3 aromatic carbocycles. The minimum Gasteiger partial charge on any atom is -0.467 e. The molecule has 57 heavy (non-hydrogen) atoms. The summed E-state index contributed by atoms with van der Waals surface area (Å²) in [6.07, 6.45) is -13.0. The third-order valence-electron chi connectivity index (χ3n) is 9.15. The maximum Gasteiger partial charge on any atom is 0.338 e. The predicted molar refractivity (Wildman–Crippen MR) is 202 cm³/mol. The fourth-order valence-corrected chi connectivity index (χ4v) is 6.70. The van der Waals surface area contributed by atoms with Crippen molar-refractivity contribution in [2.45, 2.75) is 91.6 Å². The monoisotopic (exact) mass is 848 g/mol. The summed E-state index contributed by atoms with van der Waals surface area (Å²) < 4.78 is 58.4. The van der Waals surface area contributed by atoms with Crippen molar-refractivity contribution in [1.82, 2.24) is 0 Å². The van der Waals surface area contributed by atoms with Crippen LogP contribution in [0.2, 0.25) is 0 Å². The second-order valence-corrected chi connectivity index (χ2v) is 15.3. The van der Waals surface area contributed by atoms with Gasteiger partial charge in [-0.05, 0) is 16.7 Å². The quantitative estimate of drug-likeness (QED) is 0.0386. The van der Waals surface area contributed by atoms with E-state index in [9.17, 15) is 15.1 Å². The Morgan fingerprint density at radius 1 is 0.825 bits per heavy atom. The third kappa shape index (κ3) is 10.7. The number of benzene rings is 3. The van der Waals surface area contributed by atoms with E-state index in [-0.39, 0.29) is 19.8 Å². The van der Waals surface area contributed by atoms with Crippen LogP contribution >= 0.6 is 34.8 Å². The Labute approximate surface area is 342 Å². The van der Waals surface area contributed by atoms with Gasteiger partial charge in [-0.25, -0.2) is 4.79 Å². The van der Waals surface area contributed by atoms with Gasteiger partial charge in [0.15, 0.2) is 24.8 Å². The highest BCUT2D eigenvalue weighted by molar-refractivity contribution is 6.76. The lowest BCUT2D eigenvalue weighted by Crippen LogP contribution is -2.67. The standard InChI is InChI=1S/C38H39Cl3N4O12/c1-21(46)52-32-29(50-19-23-14-8-4-9-15-23)30(31(33(47)48-2)56-36(32)57-37(42)38(39,40)41)55-35-26(44-45-43)28(49-18-22-12-6-3-7-13-22)27-25(53-35)20-51-34(54-27)24-16-10-5-11-17-24/h3-17,25-32,34-36,42H,18-20H2,1-2H3/t25-,26-,27-,28-,29+,30+,31-,32-,34-,35-,36+/m1/s1. The van der Waals surface area contributed by atoms with Crippen molar-refractivity contribution in [2.24, 2.45) is 5.11 Å². The van der Waals surface area contributed by atoms with Gasteiger partial charge in [0.1, 0.15) is 36.6 Å². The van der Waals surface area contributed by atoms with Gasteiger partial charge in [-0.15, -0.1) is 0 Å². The molecule has 3 heterocycles. The molecule has 0 amide bonds. The van der Waals surface area contributed by atoms with Crippen molar-refractivity contribution in [3.05, 3.63) is 118 Å². The number of hydrogen-bond donors (Lipinski definition) is 1. The number of fused-ring (bicyclic) bond motifs is 1. The van der Waals surface area contributed by atoms with Crippen LogP contribution in [0, 0.1) is 5.41 Å².